The average molecular weight is 329 g/mol. The van der Waals surface area contributed by atoms with Crippen LogP contribution < -0.4 is 5.32 Å². The van der Waals surface area contributed by atoms with Gasteiger partial charge in [0.2, 0.25) is 0 Å². The van der Waals surface area contributed by atoms with Crippen molar-refractivity contribution < 1.29 is 19.1 Å². The number of nitrogens with one attached hydrogen (secondary N) is 1. The van der Waals surface area contributed by atoms with Crippen LogP contribution >= 0.6 is 0 Å². The summed E-state index contributed by atoms with van der Waals surface area (Å²) < 4.78 is 5.00. The Hall–Kier alpha value is -2.88. The molecule has 7 nitrogen and oxygen atoms in total. The minimum absolute atomic E-state index is 0.264. The van der Waals surface area contributed by atoms with Gasteiger partial charge in [0.1, 0.15) is 12.1 Å². The standard InChI is InChI=1S/C17H19N3O4/c1-3-4-8-24-14(21)11-20-15(22)17(2,19-16(20)23)13-7-5-6-12(9-13)10-18/h5-7,9H,3-4,8,11H2,1-2H3,(H,19,23)/t17-/m1/s1. The van der Waals surface area contributed by atoms with Crippen LogP contribution in [0.5, 0.6) is 0 Å². The van der Waals surface area contributed by atoms with Crippen LogP contribution in [0.15, 0.2) is 24.3 Å². The van der Waals surface area contributed by atoms with Crippen LogP contribution in [0.1, 0.15) is 37.8 Å². The zero-order chi connectivity index (χ0) is 17.7. The normalized spacial score (nSPS) is 19.8. The highest BCUT2D eigenvalue weighted by atomic mass is 16.5. The molecule has 0 saturated carbocycles. The first kappa shape index (κ1) is 17.5. The zero-order valence-corrected chi connectivity index (χ0v) is 13.7. The summed E-state index contributed by atoms with van der Waals surface area (Å²) in [4.78, 5) is 37.4. The van der Waals surface area contributed by atoms with Gasteiger partial charge in [-0.3, -0.25) is 14.5 Å². The molecule has 1 aromatic rings. The molecule has 24 heavy (non-hydrogen) atoms. The molecule has 0 aromatic heterocycles. The molecule has 1 N–H and O–H groups in total. The van der Waals surface area contributed by atoms with E-state index < -0.39 is 30.0 Å². The maximum absolute atomic E-state index is 12.7. The third kappa shape index (κ3) is 3.38. The molecule has 0 spiro atoms. The van der Waals surface area contributed by atoms with Crippen molar-refractivity contribution in [2.75, 3.05) is 13.2 Å². The van der Waals surface area contributed by atoms with E-state index in [2.05, 4.69) is 5.32 Å². The van der Waals surface area contributed by atoms with Gasteiger partial charge < -0.3 is 10.1 Å². The lowest BCUT2D eigenvalue weighted by Crippen LogP contribution is -2.41. The van der Waals surface area contributed by atoms with E-state index in [4.69, 9.17) is 10.00 Å². The summed E-state index contributed by atoms with van der Waals surface area (Å²) in [5.74, 6) is -1.17. The quantitative estimate of drug-likeness (QED) is 0.486. The SMILES string of the molecule is CCCCOC(=O)CN1C(=O)N[C@](C)(c2cccc(C#N)c2)C1=O. The maximum atomic E-state index is 12.7. The van der Waals surface area contributed by atoms with Crippen LogP contribution in [0, 0.1) is 11.3 Å². The first-order valence-electron chi connectivity index (χ1n) is 7.72. The molecule has 1 fully saturated rings. The fourth-order valence-electron chi connectivity index (χ4n) is 2.44. The first-order chi connectivity index (χ1) is 11.4. The number of amides is 3. The van der Waals surface area contributed by atoms with E-state index >= 15 is 0 Å². The van der Waals surface area contributed by atoms with E-state index in [1.54, 1.807) is 31.2 Å². The Morgan fingerprint density at radius 2 is 2.17 bits per heavy atom. The van der Waals surface area contributed by atoms with Crippen molar-refractivity contribution in [3.63, 3.8) is 0 Å². The van der Waals surface area contributed by atoms with Gasteiger partial charge in [0.25, 0.3) is 5.91 Å². The van der Waals surface area contributed by atoms with Crippen molar-refractivity contribution in [2.45, 2.75) is 32.2 Å². The van der Waals surface area contributed by atoms with Gasteiger partial charge in [0.05, 0.1) is 18.2 Å². The lowest BCUT2D eigenvalue weighted by molar-refractivity contribution is -0.147. The van der Waals surface area contributed by atoms with Gasteiger partial charge in [0.15, 0.2) is 0 Å². The molecule has 0 radical (unpaired) electrons. The number of hydrogen-bond donors (Lipinski definition) is 1. The fourth-order valence-corrected chi connectivity index (χ4v) is 2.44. The van der Waals surface area contributed by atoms with Crippen molar-refractivity contribution in [2.24, 2.45) is 0 Å². The van der Waals surface area contributed by atoms with Gasteiger partial charge in [-0.2, -0.15) is 5.26 Å². The molecule has 3 amide bonds. The molecule has 1 aromatic carbocycles. The largest absolute Gasteiger partial charge is 0.464 e. The number of urea groups is 1. The molecule has 126 valence electrons. The predicted octanol–water partition coefficient (Wildman–Crippen LogP) is 1.67. The van der Waals surface area contributed by atoms with E-state index in [1.807, 2.05) is 13.0 Å². The number of carbonyl (C=O) groups excluding carboxylic acids is 3. The molecule has 0 unspecified atom stereocenters. The Morgan fingerprint density at radius 1 is 1.42 bits per heavy atom. The first-order valence-corrected chi connectivity index (χ1v) is 7.72. The smallest absolute Gasteiger partial charge is 0.326 e. The van der Waals surface area contributed by atoms with Crippen molar-refractivity contribution >= 4 is 17.9 Å². The number of nitrogens with zero attached hydrogens (tertiary/aromatic N) is 2. The molecule has 1 atom stereocenters. The molecule has 1 saturated heterocycles. The van der Waals surface area contributed by atoms with Crippen molar-refractivity contribution in [3.05, 3.63) is 35.4 Å². The zero-order valence-electron chi connectivity index (χ0n) is 13.7. The van der Waals surface area contributed by atoms with Crippen LogP contribution in [-0.4, -0.2) is 36.0 Å². The fraction of sp³-hybridized carbons (Fsp3) is 0.412. The molecule has 1 aliphatic heterocycles. The Bertz CT molecular complexity index is 710. The molecule has 0 bridgehead atoms. The summed E-state index contributed by atoms with van der Waals surface area (Å²) in [6.45, 7) is 3.35. The summed E-state index contributed by atoms with van der Waals surface area (Å²) in [6, 6.07) is 7.78. The van der Waals surface area contributed by atoms with E-state index in [0.717, 1.165) is 17.7 Å². The van der Waals surface area contributed by atoms with Crippen LogP contribution in [-0.2, 0) is 19.9 Å². The second-order valence-electron chi connectivity index (χ2n) is 5.71. The number of esters is 1. The third-order valence-corrected chi connectivity index (χ3v) is 3.89. The highest BCUT2D eigenvalue weighted by Crippen LogP contribution is 2.29. The molecule has 7 heteroatoms. The second kappa shape index (κ2) is 7.13. The van der Waals surface area contributed by atoms with Gasteiger partial charge in [-0.1, -0.05) is 25.5 Å². The molecule has 1 aliphatic rings. The summed E-state index contributed by atoms with van der Waals surface area (Å²) in [5, 5.41) is 11.6. The Kier molecular flexibility index (Phi) is 5.19. The van der Waals surface area contributed by atoms with Gasteiger partial charge in [-0.25, -0.2) is 4.79 Å². The van der Waals surface area contributed by atoms with Crippen LogP contribution in [0.4, 0.5) is 4.79 Å². The predicted molar refractivity (Wildman–Crippen MR) is 84.6 cm³/mol. The Balaban J connectivity index is 2.15. The van der Waals surface area contributed by atoms with Crippen LogP contribution in [0.25, 0.3) is 0 Å². The van der Waals surface area contributed by atoms with Crippen LogP contribution in [0.3, 0.4) is 0 Å². The van der Waals surface area contributed by atoms with E-state index in [-0.39, 0.29) is 6.61 Å². The number of rotatable bonds is 6. The van der Waals surface area contributed by atoms with E-state index in [1.165, 1.54) is 0 Å². The minimum Gasteiger partial charge on any atom is -0.464 e. The van der Waals surface area contributed by atoms with E-state index in [9.17, 15) is 14.4 Å². The third-order valence-electron chi connectivity index (χ3n) is 3.89. The number of unbranched alkanes of at least 4 members (excludes halogenated alkanes) is 1. The van der Waals surface area contributed by atoms with Gasteiger partial charge >= 0.3 is 12.0 Å². The second-order valence-corrected chi connectivity index (χ2v) is 5.71. The van der Waals surface area contributed by atoms with Gasteiger partial charge in [-0.15, -0.1) is 0 Å². The Labute approximate surface area is 140 Å². The molecular formula is C17H19N3O4. The lowest BCUT2D eigenvalue weighted by Gasteiger charge is -2.22. The highest BCUT2D eigenvalue weighted by Gasteiger charge is 2.49. The number of carbonyl (C=O) groups is 3. The maximum Gasteiger partial charge on any atom is 0.326 e. The van der Waals surface area contributed by atoms with Crippen molar-refractivity contribution in [1.82, 2.24) is 10.2 Å². The number of hydrogen-bond acceptors (Lipinski definition) is 5. The number of imide groups is 1. The molecule has 2 rings (SSSR count). The number of nitriles is 1. The number of benzene rings is 1. The molecule has 0 aliphatic carbocycles. The summed E-state index contributed by atoms with van der Waals surface area (Å²) >= 11 is 0. The van der Waals surface area contributed by atoms with Crippen LogP contribution in [0.2, 0.25) is 0 Å². The summed E-state index contributed by atoms with van der Waals surface area (Å²) in [5.41, 5.74) is -0.442. The molecule has 1 heterocycles. The van der Waals surface area contributed by atoms with Gasteiger partial charge in [0, 0.05) is 0 Å². The topological polar surface area (TPSA) is 99.5 Å². The number of ether oxygens (including phenoxy) is 1. The average Bonchev–Trinajstić information content (AvgIpc) is 2.79. The molecular weight excluding hydrogens is 310 g/mol. The van der Waals surface area contributed by atoms with Crippen molar-refractivity contribution in [3.8, 4) is 6.07 Å². The summed E-state index contributed by atoms with van der Waals surface area (Å²) in [6.07, 6.45) is 1.61. The van der Waals surface area contributed by atoms with Crippen molar-refractivity contribution in [1.29, 1.82) is 5.26 Å². The highest BCUT2D eigenvalue weighted by molar-refractivity contribution is 6.08. The summed E-state index contributed by atoms with van der Waals surface area (Å²) in [7, 11) is 0. The van der Waals surface area contributed by atoms with E-state index in [0.29, 0.717) is 11.1 Å². The van der Waals surface area contributed by atoms with Gasteiger partial charge in [-0.05, 0) is 31.0 Å². The minimum atomic E-state index is -1.31. The lowest BCUT2D eigenvalue weighted by atomic mass is 9.91. The Morgan fingerprint density at radius 3 is 2.83 bits per heavy atom. The monoisotopic (exact) mass is 329 g/mol.